The minimum absolute atomic E-state index is 0.0189. The molecule has 1 aromatic carbocycles. The second-order valence-corrected chi connectivity index (χ2v) is 5.70. The Morgan fingerprint density at radius 3 is 2.67 bits per heavy atom. The number of carbonyl (C=O) groups is 1. The van der Waals surface area contributed by atoms with Crippen molar-refractivity contribution >= 4 is 37.8 Å². The predicted octanol–water partition coefficient (Wildman–Crippen LogP) is 3.79. The molecular weight excluding hydrogens is 362 g/mol. The third kappa shape index (κ3) is 4.28. The zero-order chi connectivity index (χ0) is 13.5. The van der Waals surface area contributed by atoms with Gasteiger partial charge in [-0.2, -0.15) is 0 Å². The number of benzene rings is 1. The number of halogens is 2. The summed E-state index contributed by atoms with van der Waals surface area (Å²) in [7, 11) is 0. The monoisotopic (exact) mass is 377 g/mol. The Hall–Kier alpha value is -0.550. The SMILES string of the molecule is CCCCN(CCBr)C(=O)c1ccc(Br)cc1O. The first-order valence-corrected chi connectivity index (χ1v) is 7.85. The van der Waals surface area contributed by atoms with Gasteiger partial charge in [-0.3, -0.25) is 4.79 Å². The van der Waals surface area contributed by atoms with Gasteiger partial charge in [-0.1, -0.05) is 45.2 Å². The molecule has 0 atom stereocenters. The highest BCUT2D eigenvalue weighted by atomic mass is 79.9. The summed E-state index contributed by atoms with van der Waals surface area (Å²) >= 11 is 6.61. The van der Waals surface area contributed by atoms with Crippen LogP contribution in [0.3, 0.4) is 0 Å². The van der Waals surface area contributed by atoms with Gasteiger partial charge >= 0.3 is 0 Å². The van der Waals surface area contributed by atoms with Crippen LogP contribution in [0.1, 0.15) is 30.1 Å². The summed E-state index contributed by atoms with van der Waals surface area (Å²) in [4.78, 5) is 14.1. The molecule has 0 bridgehead atoms. The second-order valence-electron chi connectivity index (χ2n) is 4.00. The van der Waals surface area contributed by atoms with Gasteiger partial charge in [0.2, 0.25) is 0 Å². The van der Waals surface area contributed by atoms with Crippen molar-refractivity contribution < 1.29 is 9.90 Å². The molecule has 0 radical (unpaired) electrons. The lowest BCUT2D eigenvalue weighted by atomic mass is 10.1. The van der Waals surface area contributed by atoms with Gasteiger partial charge < -0.3 is 10.0 Å². The number of aromatic hydroxyl groups is 1. The fourth-order valence-corrected chi connectivity index (χ4v) is 2.40. The molecule has 5 heteroatoms. The third-order valence-electron chi connectivity index (χ3n) is 2.61. The van der Waals surface area contributed by atoms with Gasteiger partial charge in [-0.05, 0) is 24.6 Å². The van der Waals surface area contributed by atoms with E-state index in [4.69, 9.17) is 0 Å². The molecule has 1 rings (SSSR count). The molecule has 1 N–H and O–H groups in total. The van der Waals surface area contributed by atoms with Crippen LogP contribution in [0.25, 0.3) is 0 Å². The van der Waals surface area contributed by atoms with E-state index in [9.17, 15) is 9.90 Å². The quantitative estimate of drug-likeness (QED) is 0.765. The number of unbranched alkanes of at least 4 members (excludes halogenated alkanes) is 1. The maximum absolute atomic E-state index is 12.3. The first kappa shape index (κ1) is 15.5. The minimum Gasteiger partial charge on any atom is -0.507 e. The summed E-state index contributed by atoms with van der Waals surface area (Å²) in [6.45, 7) is 3.46. The Bertz CT molecular complexity index is 410. The van der Waals surface area contributed by atoms with Crippen molar-refractivity contribution in [3.63, 3.8) is 0 Å². The Morgan fingerprint density at radius 1 is 1.39 bits per heavy atom. The Morgan fingerprint density at radius 2 is 2.11 bits per heavy atom. The number of nitrogens with zero attached hydrogens (tertiary/aromatic N) is 1. The largest absolute Gasteiger partial charge is 0.507 e. The molecule has 0 aromatic heterocycles. The van der Waals surface area contributed by atoms with Crippen molar-refractivity contribution in [2.45, 2.75) is 19.8 Å². The highest BCUT2D eigenvalue weighted by molar-refractivity contribution is 9.10. The highest BCUT2D eigenvalue weighted by Gasteiger charge is 2.18. The van der Waals surface area contributed by atoms with Gasteiger partial charge in [0, 0.05) is 22.9 Å². The summed E-state index contributed by atoms with van der Waals surface area (Å²) in [6, 6.07) is 4.95. The lowest BCUT2D eigenvalue weighted by molar-refractivity contribution is 0.0761. The Kier molecular flexibility index (Phi) is 6.71. The number of hydrogen-bond acceptors (Lipinski definition) is 2. The van der Waals surface area contributed by atoms with Gasteiger partial charge in [0.25, 0.3) is 5.91 Å². The Labute approximate surface area is 124 Å². The fraction of sp³-hybridized carbons (Fsp3) is 0.462. The number of phenolic OH excluding ortho intramolecular Hbond substituents is 1. The van der Waals surface area contributed by atoms with E-state index < -0.39 is 0 Å². The first-order valence-electron chi connectivity index (χ1n) is 5.94. The van der Waals surface area contributed by atoms with Crippen molar-refractivity contribution in [2.75, 3.05) is 18.4 Å². The normalized spacial score (nSPS) is 10.4. The molecule has 1 amide bonds. The number of hydrogen-bond donors (Lipinski definition) is 1. The molecule has 0 aliphatic carbocycles. The van der Waals surface area contributed by atoms with Crippen LogP contribution in [0.5, 0.6) is 5.75 Å². The van der Waals surface area contributed by atoms with E-state index in [2.05, 4.69) is 38.8 Å². The third-order valence-corrected chi connectivity index (χ3v) is 3.46. The van der Waals surface area contributed by atoms with Gasteiger partial charge in [0.05, 0.1) is 5.56 Å². The van der Waals surface area contributed by atoms with E-state index in [0.717, 1.165) is 29.2 Å². The van der Waals surface area contributed by atoms with E-state index in [-0.39, 0.29) is 11.7 Å². The smallest absolute Gasteiger partial charge is 0.257 e. The molecule has 0 saturated heterocycles. The molecule has 0 saturated carbocycles. The zero-order valence-electron chi connectivity index (χ0n) is 10.3. The molecule has 18 heavy (non-hydrogen) atoms. The highest BCUT2D eigenvalue weighted by Crippen LogP contribution is 2.23. The number of alkyl halides is 1. The van der Waals surface area contributed by atoms with Crippen LogP contribution in [0, 0.1) is 0 Å². The molecule has 100 valence electrons. The van der Waals surface area contributed by atoms with Crippen LogP contribution in [0.2, 0.25) is 0 Å². The standard InChI is InChI=1S/C13H17Br2NO2/c1-2-3-7-16(8-6-14)13(18)11-5-4-10(15)9-12(11)17/h4-5,9,17H,2-3,6-8H2,1H3. The van der Waals surface area contributed by atoms with Crippen molar-refractivity contribution in [2.24, 2.45) is 0 Å². The average Bonchev–Trinajstić information content (AvgIpc) is 2.33. The van der Waals surface area contributed by atoms with Crippen molar-refractivity contribution in [1.82, 2.24) is 4.90 Å². The van der Waals surface area contributed by atoms with E-state index in [1.54, 1.807) is 23.1 Å². The van der Waals surface area contributed by atoms with E-state index in [1.165, 1.54) is 0 Å². The van der Waals surface area contributed by atoms with Crippen LogP contribution in [-0.4, -0.2) is 34.3 Å². The second kappa shape index (κ2) is 7.79. The molecular formula is C13H17Br2NO2. The van der Waals surface area contributed by atoms with Crippen LogP contribution in [0.4, 0.5) is 0 Å². The molecule has 0 aliphatic heterocycles. The molecule has 0 heterocycles. The molecule has 0 unspecified atom stereocenters. The van der Waals surface area contributed by atoms with Crippen LogP contribution in [0.15, 0.2) is 22.7 Å². The molecule has 0 spiro atoms. The summed E-state index contributed by atoms with van der Waals surface area (Å²) in [5.41, 5.74) is 0.357. The first-order chi connectivity index (χ1) is 8.60. The minimum atomic E-state index is -0.118. The maximum Gasteiger partial charge on any atom is 0.257 e. The van der Waals surface area contributed by atoms with Crippen LogP contribution >= 0.6 is 31.9 Å². The lowest BCUT2D eigenvalue weighted by Gasteiger charge is -2.22. The molecule has 3 nitrogen and oxygen atoms in total. The van der Waals surface area contributed by atoms with Gasteiger partial charge in [0.1, 0.15) is 5.75 Å². The topological polar surface area (TPSA) is 40.5 Å². The summed E-state index contributed by atoms with van der Waals surface area (Å²) in [6.07, 6.45) is 2.01. The van der Waals surface area contributed by atoms with Crippen molar-refractivity contribution in [3.8, 4) is 5.75 Å². The zero-order valence-corrected chi connectivity index (χ0v) is 13.5. The maximum atomic E-state index is 12.3. The number of rotatable bonds is 6. The number of phenols is 1. The average molecular weight is 379 g/mol. The summed E-state index contributed by atoms with van der Waals surface area (Å²) in [5.74, 6) is -0.0988. The molecule has 0 aliphatic rings. The summed E-state index contributed by atoms with van der Waals surface area (Å²) in [5, 5.41) is 10.6. The number of carbonyl (C=O) groups excluding carboxylic acids is 1. The van der Waals surface area contributed by atoms with Crippen LogP contribution < -0.4 is 0 Å². The predicted molar refractivity (Wildman–Crippen MR) is 80.4 cm³/mol. The fourth-order valence-electron chi connectivity index (χ4n) is 1.62. The van der Waals surface area contributed by atoms with Gasteiger partial charge in [-0.25, -0.2) is 0 Å². The van der Waals surface area contributed by atoms with E-state index in [0.29, 0.717) is 12.1 Å². The van der Waals surface area contributed by atoms with Gasteiger partial charge in [-0.15, -0.1) is 0 Å². The summed E-state index contributed by atoms with van der Waals surface area (Å²) < 4.78 is 0.761. The van der Waals surface area contributed by atoms with Crippen molar-refractivity contribution in [1.29, 1.82) is 0 Å². The van der Waals surface area contributed by atoms with E-state index >= 15 is 0 Å². The Balaban J connectivity index is 2.87. The van der Waals surface area contributed by atoms with E-state index in [1.807, 2.05) is 0 Å². The number of amides is 1. The van der Waals surface area contributed by atoms with Crippen molar-refractivity contribution in [3.05, 3.63) is 28.2 Å². The molecule has 1 aromatic rings. The van der Waals surface area contributed by atoms with Gasteiger partial charge in [0.15, 0.2) is 0 Å². The molecule has 0 fully saturated rings. The lowest BCUT2D eigenvalue weighted by Crippen LogP contribution is -2.33. The van der Waals surface area contributed by atoms with Crippen LogP contribution in [-0.2, 0) is 0 Å².